The Kier molecular flexibility index (Phi) is 7.35. The van der Waals surface area contributed by atoms with Gasteiger partial charge >= 0.3 is 0 Å². The molecule has 0 aliphatic carbocycles. The van der Waals surface area contributed by atoms with Crippen LogP contribution < -0.4 is 0 Å². The second-order valence-electron chi connectivity index (χ2n) is 6.02. The van der Waals surface area contributed by atoms with E-state index in [1.54, 1.807) is 0 Å². The summed E-state index contributed by atoms with van der Waals surface area (Å²) in [6, 6.07) is 8.50. The van der Waals surface area contributed by atoms with E-state index in [0.29, 0.717) is 0 Å². The number of hydrogen-bond donors (Lipinski definition) is 0. The van der Waals surface area contributed by atoms with E-state index in [1.165, 1.54) is 11.1 Å². The van der Waals surface area contributed by atoms with Crippen molar-refractivity contribution in [2.45, 2.75) is 40.8 Å². The average molecular weight is 326 g/mol. The quantitative estimate of drug-likeness (QED) is 0.701. The van der Waals surface area contributed by atoms with Crippen molar-refractivity contribution in [3.8, 4) is 11.4 Å². The highest BCUT2D eigenvalue weighted by Gasteiger charge is 2.07. The maximum absolute atomic E-state index is 4.63. The summed E-state index contributed by atoms with van der Waals surface area (Å²) in [7, 11) is 0. The van der Waals surface area contributed by atoms with Gasteiger partial charge in [-0.1, -0.05) is 33.8 Å². The first kappa shape index (κ1) is 18.6. The summed E-state index contributed by atoms with van der Waals surface area (Å²) in [5, 5.41) is 0. The van der Waals surface area contributed by atoms with Crippen LogP contribution in [0.15, 0.2) is 36.7 Å². The second kappa shape index (κ2) is 9.50. The lowest BCUT2D eigenvalue weighted by Gasteiger charge is -2.18. The molecule has 0 saturated heterocycles. The molecular weight excluding hydrogens is 296 g/mol. The Balaban J connectivity index is 2.11. The molecule has 0 bridgehead atoms. The Hall–Kier alpha value is -1.78. The molecule has 2 heterocycles. The van der Waals surface area contributed by atoms with E-state index in [0.717, 1.165) is 50.7 Å². The molecule has 0 radical (unpaired) electrons. The minimum absolute atomic E-state index is 0.944. The molecule has 0 aromatic carbocycles. The second-order valence-corrected chi connectivity index (χ2v) is 6.02. The zero-order valence-electron chi connectivity index (χ0n) is 15.5. The monoisotopic (exact) mass is 326 g/mol. The fourth-order valence-electron chi connectivity index (χ4n) is 2.79. The van der Waals surface area contributed by atoms with E-state index in [9.17, 15) is 0 Å². The van der Waals surface area contributed by atoms with Crippen LogP contribution >= 0.6 is 0 Å². The molecule has 0 amide bonds. The number of nitrogens with zero attached hydrogens (tertiary/aromatic N) is 4. The molecule has 0 fully saturated rings. The molecule has 2 rings (SSSR count). The number of hydrogen-bond acceptors (Lipinski definition) is 4. The van der Waals surface area contributed by atoms with Crippen molar-refractivity contribution in [3.63, 3.8) is 0 Å². The molecule has 0 aliphatic heterocycles. The van der Waals surface area contributed by atoms with Crippen LogP contribution in [0.1, 0.15) is 38.8 Å². The Morgan fingerprint density at radius 3 is 1.88 bits per heavy atom. The Labute approximate surface area is 146 Å². The first-order valence-corrected chi connectivity index (χ1v) is 9.05. The molecule has 0 aliphatic rings. The van der Waals surface area contributed by atoms with Crippen molar-refractivity contribution < 1.29 is 0 Å². The van der Waals surface area contributed by atoms with Crippen LogP contribution in [-0.2, 0) is 13.1 Å². The molecular formula is C20H30N4. The highest BCUT2D eigenvalue weighted by molar-refractivity contribution is 5.54. The third-order valence-electron chi connectivity index (χ3n) is 4.51. The largest absolute Gasteiger partial charge is 0.300 e. The fourth-order valence-corrected chi connectivity index (χ4v) is 2.79. The summed E-state index contributed by atoms with van der Waals surface area (Å²) in [6.45, 7) is 14.9. The fraction of sp³-hybridized carbons (Fsp3) is 0.500. The summed E-state index contributed by atoms with van der Waals surface area (Å²) in [5.74, 6) is 0. The van der Waals surface area contributed by atoms with Gasteiger partial charge in [0.25, 0.3) is 0 Å². The molecule has 0 unspecified atom stereocenters. The summed E-state index contributed by atoms with van der Waals surface area (Å²) >= 11 is 0. The average Bonchev–Trinajstić information content (AvgIpc) is 2.65. The van der Waals surface area contributed by atoms with Gasteiger partial charge in [0, 0.05) is 25.5 Å². The first-order valence-electron chi connectivity index (χ1n) is 9.05. The van der Waals surface area contributed by atoms with Gasteiger partial charge in [-0.2, -0.15) is 0 Å². The summed E-state index contributed by atoms with van der Waals surface area (Å²) < 4.78 is 0. The lowest BCUT2D eigenvalue weighted by atomic mass is 10.1. The van der Waals surface area contributed by atoms with Crippen LogP contribution in [0.5, 0.6) is 0 Å². The van der Waals surface area contributed by atoms with Gasteiger partial charge in [-0.3, -0.25) is 19.8 Å². The predicted molar refractivity (Wildman–Crippen MR) is 101 cm³/mol. The Morgan fingerprint density at radius 1 is 0.708 bits per heavy atom. The number of rotatable bonds is 9. The lowest BCUT2D eigenvalue weighted by Crippen LogP contribution is -2.22. The zero-order valence-corrected chi connectivity index (χ0v) is 15.5. The van der Waals surface area contributed by atoms with Gasteiger partial charge in [-0.05, 0) is 55.5 Å². The van der Waals surface area contributed by atoms with Gasteiger partial charge in [-0.15, -0.1) is 0 Å². The molecule has 130 valence electrons. The highest BCUT2D eigenvalue weighted by atomic mass is 15.1. The molecule has 0 atom stereocenters. The molecule has 0 spiro atoms. The lowest BCUT2D eigenvalue weighted by molar-refractivity contribution is 0.295. The SMILES string of the molecule is CCN(CC)Cc1ccc(-c2cc(CN(CC)CC)ccn2)nc1. The minimum Gasteiger partial charge on any atom is -0.300 e. The molecule has 4 nitrogen and oxygen atoms in total. The molecule has 0 N–H and O–H groups in total. The molecule has 2 aromatic rings. The van der Waals surface area contributed by atoms with Crippen molar-refractivity contribution in [1.82, 2.24) is 19.8 Å². The van der Waals surface area contributed by atoms with Crippen molar-refractivity contribution in [1.29, 1.82) is 0 Å². The molecule has 2 aromatic heterocycles. The van der Waals surface area contributed by atoms with E-state index in [4.69, 9.17) is 0 Å². The van der Waals surface area contributed by atoms with Crippen LogP contribution in [0.3, 0.4) is 0 Å². The molecule has 24 heavy (non-hydrogen) atoms. The van der Waals surface area contributed by atoms with Crippen molar-refractivity contribution in [2.75, 3.05) is 26.2 Å². The number of aromatic nitrogens is 2. The summed E-state index contributed by atoms with van der Waals surface area (Å²) in [4.78, 5) is 13.9. The van der Waals surface area contributed by atoms with Crippen LogP contribution in [0, 0.1) is 0 Å². The van der Waals surface area contributed by atoms with E-state index < -0.39 is 0 Å². The van der Waals surface area contributed by atoms with E-state index in [2.05, 4.69) is 71.7 Å². The van der Waals surface area contributed by atoms with Gasteiger partial charge in [0.05, 0.1) is 11.4 Å². The van der Waals surface area contributed by atoms with Gasteiger partial charge in [0.15, 0.2) is 0 Å². The van der Waals surface area contributed by atoms with E-state index >= 15 is 0 Å². The van der Waals surface area contributed by atoms with Crippen LogP contribution in [0.4, 0.5) is 0 Å². The minimum atomic E-state index is 0.944. The van der Waals surface area contributed by atoms with Gasteiger partial charge in [0.1, 0.15) is 0 Å². The zero-order chi connectivity index (χ0) is 17.4. The van der Waals surface area contributed by atoms with Gasteiger partial charge in [-0.25, -0.2) is 0 Å². The van der Waals surface area contributed by atoms with Crippen LogP contribution in [0.25, 0.3) is 11.4 Å². The van der Waals surface area contributed by atoms with Crippen LogP contribution in [0.2, 0.25) is 0 Å². The highest BCUT2D eigenvalue weighted by Crippen LogP contribution is 2.17. The van der Waals surface area contributed by atoms with Gasteiger partial charge in [0.2, 0.25) is 0 Å². The van der Waals surface area contributed by atoms with E-state index in [1.807, 2.05) is 12.4 Å². The maximum Gasteiger partial charge on any atom is 0.0889 e. The molecule has 4 heteroatoms. The maximum atomic E-state index is 4.63. The smallest absolute Gasteiger partial charge is 0.0889 e. The number of pyridine rings is 2. The van der Waals surface area contributed by atoms with E-state index in [-0.39, 0.29) is 0 Å². The molecule has 0 saturated carbocycles. The van der Waals surface area contributed by atoms with Crippen molar-refractivity contribution in [3.05, 3.63) is 47.8 Å². The Morgan fingerprint density at radius 2 is 1.33 bits per heavy atom. The normalized spacial score (nSPS) is 11.4. The summed E-state index contributed by atoms with van der Waals surface area (Å²) in [5.41, 5.74) is 4.44. The standard InChI is InChI=1S/C20H30N4/c1-5-23(6-2)15-17-11-12-21-20(13-17)19-10-9-18(14-22-19)16-24(7-3)8-4/h9-14H,5-8,15-16H2,1-4H3. The Bertz CT molecular complexity index is 601. The third-order valence-corrected chi connectivity index (χ3v) is 4.51. The topological polar surface area (TPSA) is 32.3 Å². The van der Waals surface area contributed by atoms with Crippen molar-refractivity contribution in [2.24, 2.45) is 0 Å². The van der Waals surface area contributed by atoms with Gasteiger partial charge < -0.3 is 0 Å². The third kappa shape index (κ3) is 5.11. The first-order chi connectivity index (χ1) is 11.7. The summed E-state index contributed by atoms with van der Waals surface area (Å²) in [6.07, 6.45) is 3.87. The van der Waals surface area contributed by atoms with Crippen LogP contribution in [-0.4, -0.2) is 45.9 Å². The predicted octanol–water partition coefficient (Wildman–Crippen LogP) is 3.83. The van der Waals surface area contributed by atoms with Crippen molar-refractivity contribution >= 4 is 0 Å².